The first-order valence-electron chi connectivity index (χ1n) is 9.10. The zero-order valence-electron chi connectivity index (χ0n) is 15.7. The fourth-order valence-corrected chi connectivity index (χ4v) is 3.15. The molecule has 0 spiro atoms. The number of likely N-dealkylation sites (tertiary alicyclic amines) is 1. The minimum atomic E-state index is -4.71. The van der Waals surface area contributed by atoms with Crippen molar-refractivity contribution < 1.29 is 23.1 Å². The van der Waals surface area contributed by atoms with Crippen molar-refractivity contribution in [2.45, 2.75) is 18.7 Å². The number of nitrogens with two attached hydrogens (primary N) is 1. The SMILES string of the molecule is NC(=CC(=Nc1ccccc1Cl)c1ccc(C(=O)N2CC[C@@H](O)C2)cc1)C(F)(F)F. The summed E-state index contributed by atoms with van der Waals surface area (Å²) in [5.74, 6) is -0.256. The number of para-hydroxylation sites is 1. The number of aliphatic hydroxyl groups excluding tert-OH is 1. The number of carbonyl (C=O) groups excluding carboxylic acids is 1. The Bertz CT molecular complexity index is 988. The maximum atomic E-state index is 13.0. The van der Waals surface area contributed by atoms with Crippen molar-refractivity contribution in [3.05, 3.63) is 76.5 Å². The first-order chi connectivity index (χ1) is 14.1. The van der Waals surface area contributed by atoms with E-state index in [1.165, 1.54) is 29.2 Å². The number of amides is 1. The smallest absolute Gasteiger partial charge is 0.395 e. The number of hydrogen-bond acceptors (Lipinski definition) is 4. The van der Waals surface area contributed by atoms with E-state index in [4.69, 9.17) is 17.3 Å². The third-order valence-corrected chi connectivity index (χ3v) is 4.91. The van der Waals surface area contributed by atoms with Crippen molar-refractivity contribution in [1.29, 1.82) is 0 Å². The Balaban J connectivity index is 1.96. The van der Waals surface area contributed by atoms with Gasteiger partial charge < -0.3 is 15.7 Å². The summed E-state index contributed by atoms with van der Waals surface area (Å²) >= 11 is 6.08. The van der Waals surface area contributed by atoms with E-state index in [-0.39, 0.29) is 28.9 Å². The van der Waals surface area contributed by atoms with Gasteiger partial charge in [-0.25, -0.2) is 4.99 Å². The molecule has 0 saturated carbocycles. The number of halogens is 4. The predicted octanol–water partition coefficient (Wildman–Crippen LogP) is 4.07. The lowest BCUT2D eigenvalue weighted by Crippen LogP contribution is -2.29. The number of benzene rings is 2. The van der Waals surface area contributed by atoms with Crippen LogP contribution in [0.25, 0.3) is 0 Å². The number of aliphatic imine (C=N–C) groups is 1. The molecular formula is C21H19ClF3N3O2. The second-order valence-corrected chi connectivity index (χ2v) is 7.22. The Morgan fingerprint density at radius 1 is 1.17 bits per heavy atom. The van der Waals surface area contributed by atoms with Crippen molar-refractivity contribution in [2.24, 2.45) is 10.7 Å². The maximum absolute atomic E-state index is 13.0. The van der Waals surface area contributed by atoms with Crippen LogP contribution in [-0.2, 0) is 0 Å². The first kappa shape index (κ1) is 21.9. The van der Waals surface area contributed by atoms with Crippen molar-refractivity contribution in [1.82, 2.24) is 4.90 Å². The molecule has 3 N–H and O–H groups in total. The summed E-state index contributed by atoms with van der Waals surface area (Å²) in [7, 11) is 0. The second kappa shape index (κ2) is 8.89. The van der Waals surface area contributed by atoms with Crippen LogP contribution in [-0.4, -0.2) is 47.0 Å². The average Bonchev–Trinajstić information content (AvgIpc) is 3.14. The minimum absolute atomic E-state index is 0.0477. The Morgan fingerprint density at radius 3 is 2.37 bits per heavy atom. The van der Waals surface area contributed by atoms with Crippen LogP contribution < -0.4 is 5.73 Å². The summed E-state index contributed by atoms with van der Waals surface area (Å²) in [4.78, 5) is 18.3. The van der Waals surface area contributed by atoms with E-state index in [2.05, 4.69) is 4.99 Å². The maximum Gasteiger partial charge on any atom is 0.430 e. The number of hydrogen-bond donors (Lipinski definition) is 2. The number of allylic oxidation sites excluding steroid dienone is 2. The van der Waals surface area contributed by atoms with Gasteiger partial charge in [0.15, 0.2) is 0 Å². The Labute approximate surface area is 176 Å². The summed E-state index contributed by atoms with van der Waals surface area (Å²) in [6.45, 7) is 0.705. The molecule has 3 rings (SSSR count). The Morgan fingerprint density at radius 2 is 1.80 bits per heavy atom. The van der Waals surface area contributed by atoms with Gasteiger partial charge in [-0.05, 0) is 36.8 Å². The molecule has 0 radical (unpaired) electrons. The van der Waals surface area contributed by atoms with E-state index < -0.39 is 18.0 Å². The van der Waals surface area contributed by atoms with Gasteiger partial charge in [-0.1, -0.05) is 35.9 Å². The molecule has 1 amide bonds. The standard InChI is InChI=1S/C21H19ClF3N3O2/c22-16-3-1-2-4-17(16)27-18(11-19(26)21(23,24)25)13-5-7-14(8-6-13)20(30)28-10-9-15(29)12-28/h1-8,11,15,29H,9-10,12,26H2/t15-/m1/s1. The fraction of sp³-hybridized carbons (Fsp3) is 0.238. The molecule has 158 valence electrons. The zero-order chi connectivity index (χ0) is 21.9. The highest BCUT2D eigenvalue weighted by Gasteiger charge is 2.32. The molecule has 1 aliphatic rings. The lowest BCUT2D eigenvalue weighted by Gasteiger charge is -2.16. The molecule has 30 heavy (non-hydrogen) atoms. The van der Waals surface area contributed by atoms with Gasteiger partial charge >= 0.3 is 6.18 Å². The number of nitrogens with zero attached hydrogens (tertiary/aromatic N) is 2. The van der Waals surface area contributed by atoms with Crippen LogP contribution in [0.15, 0.2) is 65.3 Å². The highest BCUT2D eigenvalue weighted by molar-refractivity contribution is 6.33. The summed E-state index contributed by atoms with van der Waals surface area (Å²) in [6.07, 6.45) is -4.01. The average molecular weight is 438 g/mol. The van der Waals surface area contributed by atoms with E-state index in [9.17, 15) is 23.1 Å². The fourth-order valence-electron chi connectivity index (χ4n) is 2.97. The molecular weight excluding hydrogens is 419 g/mol. The van der Waals surface area contributed by atoms with E-state index in [0.717, 1.165) is 6.08 Å². The summed E-state index contributed by atoms with van der Waals surface area (Å²) in [5.41, 5.74) is 4.82. The van der Waals surface area contributed by atoms with Gasteiger partial charge in [-0.2, -0.15) is 13.2 Å². The summed E-state index contributed by atoms with van der Waals surface area (Å²) in [6, 6.07) is 12.5. The van der Waals surface area contributed by atoms with Crippen LogP contribution in [0.4, 0.5) is 18.9 Å². The minimum Gasteiger partial charge on any atom is -0.395 e. The third-order valence-electron chi connectivity index (χ3n) is 4.59. The molecule has 0 aliphatic carbocycles. The quantitative estimate of drug-likeness (QED) is 0.707. The molecule has 1 fully saturated rings. The molecule has 0 bridgehead atoms. The topological polar surface area (TPSA) is 78.9 Å². The van der Waals surface area contributed by atoms with Crippen molar-refractivity contribution in [3.8, 4) is 0 Å². The van der Waals surface area contributed by atoms with Gasteiger partial charge in [-0.15, -0.1) is 0 Å². The number of carbonyl (C=O) groups is 1. The summed E-state index contributed by atoms with van der Waals surface area (Å²) < 4.78 is 38.9. The molecule has 2 aromatic rings. The van der Waals surface area contributed by atoms with Crippen molar-refractivity contribution >= 4 is 28.9 Å². The third kappa shape index (κ3) is 5.20. The van der Waals surface area contributed by atoms with Crippen LogP contribution >= 0.6 is 11.6 Å². The Hall–Kier alpha value is -2.84. The van der Waals surface area contributed by atoms with Crippen LogP contribution in [0.5, 0.6) is 0 Å². The highest BCUT2D eigenvalue weighted by Crippen LogP contribution is 2.27. The second-order valence-electron chi connectivity index (χ2n) is 6.82. The first-order valence-corrected chi connectivity index (χ1v) is 9.48. The zero-order valence-corrected chi connectivity index (χ0v) is 16.5. The normalized spacial score (nSPS) is 18.0. The summed E-state index contributed by atoms with van der Waals surface area (Å²) in [5, 5.41) is 9.87. The molecule has 5 nitrogen and oxygen atoms in total. The van der Waals surface area contributed by atoms with Gasteiger partial charge in [0.05, 0.1) is 22.5 Å². The van der Waals surface area contributed by atoms with E-state index in [0.29, 0.717) is 24.1 Å². The lowest BCUT2D eigenvalue weighted by atomic mass is 10.1. The molecule has 2 aromatic carbocycles. The Kier molecular flexibility index (Phi) is 6.48. The number of aliphatic hydroxyl groups is 1. The largest absolute Gasteiger partial charge is 0.430 e. The van der Waals surface area contributed by atoms with Gasteiger partial charge in [0.25, 0.3) is 5.91 Å². The molecule has 1 saturated heterocycles. The lowest BCUT2D eigenvalue weighted by molar-refractivity contribution is -0.0925. The van der Waals surface area contributed by atoms with Gasteiger partial charge in [0, 0.05) is 24.2 Å². The number of β-amino-alcohol motifs (C(OH)–C–C–N with tert-alkyl or cyclic N) is 1. The number of rotatable bonds is 4. The van der Waals surface area contributed by atoms with E-state index >= 15 is 0 Å². The van der Waals surface area contributed by atoms with Crippen LogP contribution in [0.3, 0.4) is 0 Å². The van der Waals surface area contributed by atoms with Crippen molar-refractivity contribution in [3.63, 3.8) is 0 Å². The van der Waals surface area contributed by atoms with Crippen LogP contribution in [0, 0.1) is 0 Å². The van der Waals surface area contributed by atoms with E-state index in [1.54, 1.807) is 24.3 Å². The molecule has 9 heteroatoms. The van der Waals surface area contributed by atoms with Crippen LogP contribution in [0.2, 0.25) is 5.02 Å². The molecule has 1 atom stereocenters. The molecule has 0 unspecified atom stereocenters. The van der Waals surface area contributed by atoms with E-state index in [1.807, 2.05) is 0 Å². The monoisotopic (exact) mass is 437 g/mol. The molecule has 1 heterocycles. The van der Waals surface area contributed by atoms with Crippen LogP contribution in [0.1, 0.15) is 22.3 Å². The molecule has 0 aromatic heterocycles. The number of alkyl halides is 3. The van der Waals surface area contributed by atoms with Crippen molar-refractivity contribution in [2.75, 3.05) is 13.1 Å². The van der Waals surface area contributed by atoms with Gasteiger partial charge in [-0.3, -0.25) is 4.79 Å². The molecule has 1 aliphatic heterocycles. The van der Waals surface area contributed by atoms with Gasteiger partial charge in [0.2, 0.25) is 0 Å². The van der Waals surface area contributed by atoms with Gasteiger partial charge in [0.1, 0.15) is 5.70 Å². The highest BCUT2D eigenvalue weighted by atomic mass is 35.5. The predicted molar refractivity (Wildman–Crippen MR) is 109 cm³/mol.